The molecule has 2 aromatic rings. The molecule has 1 unspecified atom stereocenters. The van der Waals surface area contributed by atoms with Crippen molar-refractivity contribution in [2.45, 2.75) is 105 Å². The van der Waals surface area contributed by atoms with E-state index in [1.807, 2.05) is 4.57 Å². The number of fused-ring (bicyclic) bond motifs is 1. The highest BCUT2D eigenvalue weighted by molar-refractivity contribution is 5.78. The number of hydrogen-bond donors (Lipinski definition) is 1. The van der Waals surface area contributed by atoms with E-state index in [0.29, 0.717) is 60.8 Å². The van der Waals surface area contributed by atoms with Gasteiger partial charge in [0.15, 0.2) is 11.2 Å². The molecule has 0 saturated heterocycles. The average molecular weight is 446 g/mol. The summed E-state index contributed by atoms with van der Waals surface area (Å²) in [4.78, 5) is 47.7. The molecule has 0 spiro atoms. The summed E-state index contributed by atoms with van der Waals surface area (Å²) >= 11 is 0. The Morgan fingerprint density at radius 3 is 2.41 bits per heavy atom. The predicted molar refractivity (Wildman–Crippen MR) is 127 cm³/mol. The van der Waals surface area contributed by atoms with Crippen LogP contribution in [0.3, 0.4) is 0 Å². The van der Waals surface area contributed by atoms with Crippen LogP contribution in [-0.4, -0.2) is 42.0 Å². The molecule has 1 fully saturated rings. The van der Waals surface area contributed by atoms with E-state index in [4.69, 9.17) is 4.98 Å². The van der Waals surface area contributed by atoms with Crippen LogP contribution in [0.15, 0.2) is 9.59 Å². The van der Waals surface area contributed by atoms with Crippen molar-refractivity contribution < 1.29 is 4.79 Å². The third-order valence-corrected chi connectivity index (χ3v) is 6.44. The fourth-order valence-electron chi connectivity index (χ4n) is 4.28. The number of unbranched alkanes of at least 4 members (excludes halogenated alkanes) is 1. The summed E-state index contributed by atoms with van der Waals surface area (Å²) in [6.45, 7) is 13.8. The molecule has 8 nitrogen and oxygen atoms in total. The Labute approximate surface area is 190 Å². The van der Waals surface area contributed by atoms with E-state index in [2.05, 4.69) is 51.4 Å². The number of aryl methyl sites for hydroxylation is 2. The second-order valence-corrected chi connectivity index (χ2v) is 9.99. The minimum atomic E-state index is -0.418. The van der Waals surface area contributed by atoms with E-state index < -0.39 is 11.2 Å². The van der Waals surface area contributed by atoms with Gasteiger partial charge < -0.3 is 9.47 Å². The molecule has 1 atom stereocenters. The van der Waals surface area contributed by atoms with Crippen LogP contribution in [0, 0.1) is 11.8 Å². The molecule has 178 valence electrons. The summed E-state index contributed by atoms with van der Waals surface area (Å²) in [5, 5.41) is 0. The SMILES string of the molecule is CCCCn1c(=O)[nH]c(=O)c2c1nc(CCC(=O)N(C1CC1)C(C)C(C)C)n2CC(C)C. The zero-order valence-corrected chi connectivity index (χ0v) is 20.5. The first-order valence-electron chi connectivity index (χ1n) is 12.2. The number of carbonyl (C=O) groups is 1. The first-order chi connectivity index (χ1) is 15.1. The number of aromatic amines is 1. The van der Waals surface area contributed by atoms with Crippen LogP contribution >= 0.6 is 0 Å². The first-order valence-corrected chi connectivity index (χ1v) is 12.2. The van der Waals surface area contributed by atoms with Crippen LogP contribution in [0.2, 0.25) is 0 Å². The first kappa shape index (κ1) is 24.3. The average Bonchev–Trinajstić information content (AvgIpc) is 3.48. The molecule has 1 amide bonds. The molecule has 8 heteroatoms. The summed E-state index contributed by atoms with van der Waals surface area (Å²) in [5.41, 5.74) is 0.0475. The molecule has 0 bridgehead atoms. The van der Waals surface area contributed by atoms with Crippen LogP contribution in [0.1, 0.15) is 79.5 Å². The summed E-state index contributed by atoms with van der Waals surface area (Å²) < 4.78 is 3.49. The maximum atomic E-state index is 13.2. The molecule has 0 aromatic carbocycles. The third-order valence-electron chi connectivity index (χ3n) is 6.44. The van der Waals surface area contributed by atoms with Gasteiger partial charge >= 0.3 is 5.69 Å². The van der Waals surface area contributed by atoms with Crippen LogP contribution in [0.5, 0.6) is 0 Å². The summed E-state index contributed by atoms with van der Waals surface area (Å²) in [6, 6.07) is 0.558. The molecular weight excluding hydrogens is 406 g/mol. The maximum absolute atomic E-state index is 13.2. The number of imidazole rings is 1. The van der Waals surface area contributed by atoms with Gasteiger partial charge in [-0.15, -0.1) is 0 Å². The quantitative estimate of drug-likeness (QED) is 0.574. The second kappa shape index (κ2) is 10.0. The number of H-pyrrole nitrogens is 1. The van der Waals surface area contributed by atoms with E-state index in [9.17, 15) is 14.4 Å². The molecule has 0 radical (unpaired) electrons. The van der Waals surface area contributed by atoms with Crippen molar-refractivity contribution in [2.24, 2.45) is 11.8 Å². The Bertz CT molecular complexity index is 1060. The Hall–Kier alpha value is -2.38. The Morgan fingerprint density at radius 2 is 1.84 bits per heavy atom. The van der Waals surface area contributed by atoms with E-state index >= 15 is 0 Å². The minimum Gasteiger partial charge on any atom is -0.337 e. The molecule has 1 saturated carbocycles. The van der Waals surface area contributed by atoms with Crippen LogP contribution in [0.25, 0.3) is 11.2 Å². The monoisotopic (exact) mass is 445 g/mol. The summed E-state index contributed by atoms with van der Waals surface area (Å²) in [6.07, 6.45) is 4.73. The van der Waals surface area contributed by atoms with E-state index in [-0.39, 0.29) is 11.9 Å². The van der Waals surface area contributed by atoms with Crippen molar-refractivity contribution in [1.82, 2.24) is 24.0 Å². The van der Waals surface area contributed by atoms with Crippen molar-refractivity contribution in [1.29, 1.82) is 0 Å². The molecule has 0 aliphatic heterocycles. The van der Waals surface area contributed by atoms with Gasteiger partial charge in [-0.1, -0.05) is 41.0 Å². The highest BCUT2D eigenvalue weighted by Gasteiger charge is 2.36. The summed E-state index contributed by atoms with van der Waals surface area (Å²) in [7, 11) is 0. The van der Waals surface area contributed by atoms with E-state index in [1.165, 1.54) is 0 Å². The predicted octanol–water partition coefficient (Wildman–Crippen LogP) is 3.31. The third kappa shape index (κ3) is 5.15. The fraction of sp³-hybridized carbons (Fsp3) is 0.750. The van der Waals surface area contributed by atoms with Crippen molar-refractivity contribution in [2.75, 3.05) is 0 Å². The standard InChI is InChI=1S/C24H39N5O3/c1-7-8-13-27-22-21(23(31)26-24(27)32)28(14-15(2)3)19(25-22)11-12-20(30)29(18-9-10-18)17(6)16(4)5/h15-18H,7-14H2,1-6H3,(H,26,31,32). The lowest BCUT2D eigenvalue weighted by molar-refractivity contribution is -0.134. The van der Waals surface area contributed by atoms with Crippen molar-refractivity contribution in [3.8, 4) is 0 Å². The topological polar surface area (TPSA) is 93.0 Å². The molecule has 2 heterocycles. The highest BCUT2D eigenvalue weighted by Crippen LogP contribution is 2.31. The maximum Gasteiger partial charge on any atom is 0.330 e. The number of rotatable bonds is 11. The fourth-order valence-corrected chi connectivity index (χ4v) is 4.28. The normalized spacial score (nSPS) is 15.1. The molecule has 3 rings (SSSR count). The van der Waals surface area contributed by atoms with Gasteiger partial charge in [-0.25, -0.2) is 9.78 Å². The molecule has 1 aliphatic carbocycles. The lowest BCUT2D eigenvalue weighted by Crippen LogP contribution is -2.43. The van der Waals surface area contributed by atoms with Gasteiger partial charge in [0.25, 0.3) is 5.56 Å². The zero-order chi connectivity index (χ0) is 23.6. The van der Waals surface area contributed by atoms with Gasteiger partial charge in [0.05, 0.1) is 0 Å². The number of aromatic nitrogens is 4. The molecule has 1 aliphatic rings. The number of hydrogen-bond acceptors (Lipinski definition) is 4. The van der Waals surface area contributed by atoms with Crippen molar-refractivity contribution in [3.63, 3.8) is 0 Å². The number of amides is 1. The highest BCUT2D eigenvalue weighted by atomic mass is 16.2. The Balaban J connectivity index is 1.96. The Kier molecular flexibility index (Phi) is 7.62. The van der Waals surface area contributed by atoms with E-state index in [0.717, 1.165) is 25.7 Å². The van der Waals surface area contributed by atoms with Crippen molar-refractivity contribution in [3.05, 3.63) is 26.7 Å². The van der Waals surface area contributed by atoms with Crippen molar-refractivity contribution >= 4 is 17.1 Å². The van der Waals surface area contributed by atoms with Gasteiger partial charge in [-0.3, -0.25) is 19.1 Å². The number of nitrogens with zero attached hydrogens (tertiary/aromatic N) is 4. The van der Waals surface area contributed by atoms with Crippen LogP contribution in [-0.2, 0) is 24.3 Å². The smallest absolute Gasteiger partial charge is 0.330 e. The summed E-state index contributed by atoms with van der Waals surface area (Å²) in [5.74, 6) is 1.54. The number of nitrogens with one attached hydrogen (secondary N) is 1. The van der Waals surface area contributed by atoms with Gasteiger partial charge in [0, 0.05) is 38.0 Å². The molecule has 32 heavy (non-hydrogen) atoms. The second-order valence-electron chi connectivity index (χ2n) is 9.99. The van der Waals surface area contributed by atoms with Crippen LogP contribution < -0.4 is 11.2 Å². The molecule has 2 aromatic heterocycles. The lowest BCUT2D eigenvalue weighted by atomic mass is 10.0. The largest absolute Gasteiger partial charge is 0.337 e. The Morgan fingerprint density at radius 1 is 1.16 bits per heavy atom. The molecule has 1 N–H and O–H groups in total. The van der Waals surface area contributed by atoms with Gasteiger partial charge in [0.2, 0.25) is 5.91 Å². The van der Waals surface area contributed by atoms with E-state index in [1.54, 1.807) is 4.57 Å². The minimum absolute atomic E-state index is 0.147. The lowest BCUT2D eigenvalue weighted by Gasteiger charge is -2.32. The van der Waals surface area contributed by atoms with Gasteiger partial charge in [-0.05, 0) is 38.0 Å². The molecular formula is C24H39N5O3. The van der Waals surface area contributed by atoms with Gasteiger partial charge in [-0.2, -0.15) is 0 Å². The number of carbonyl (C=O) groups excluding carboxylic acids is 1. The van der Waals surface area contributed by atoms with Gasteiger partial charge in [0.1, 0.15) is 5.82 Å². The zero-order valence-electron chi connectivity index (χ0n) is 20.5. The van der Waals surface area contributed by atoms with Crippen LogP contribution in [0.4, 0.5) is 0 Å².